The molecule has 2 rings (SSSR count). The number of benzene rings is 1. The van der Waals surface area contributed by atoms with Crippen LogP contribution in [0.5, 0.6) is 5.75 Å². The van der Waals surface area contributed by atoms with E-state index >= 15 is 0 Å². The average molecular weight is 419 g/mol. The molecule has 0 radical (unpaired) electrons. The van der Waals surface area contributed by atoms with Gasteiger partial charge in [-0.15, -0.1) is 11.3 Å². The summed E-state index contributed by atoms with van der Waals surface area (Å²) in [5.41, 5.74) is 1.56. The van der Waals surface area contributed by atoms with Gasteiger partial charge in [0, 0.05) is 10.4 Å². The predicted molar refractivity (Wildman–Crippen MR) is 111 cm³/mol. The van der Waals surface area contributed by atoms with Gasteiger partial charge in [0.25, 0.3) is 5.91 Å². The van der Waals surface area contributed by atoms with E-state index in [0.29, 0.717) is 21.9 Å². The van der Waals surface area contributed by atoms with Crippen molar-refractivity contribution >= 4 is 34.2 Å². The van der Waals surface area contributed by atoms with Crippen molar-refractivity contribution in [1.29, 1.82) is 0 Å². The van der Waals surface area contributed by atoms with Gasteiger partial charge in [0.15, 0.2) is 6.10 Å². The van der Waals surface area contributed by atoms with Gasteiger partial charge in [0.05, 0.1) is 18.8 Å². The fourth-order valence-corrected chi connectivity index (χ4v) is 3.58. The Balaban J connectivity index is 2.11. The third-order valence-corrected chi connectivity index (χ3v) is 5.26. The van der Waals surface area contributed by atoms with Gasteiger partial charge < -0.3 is 19.5 Å². The van der Waals surface area contributed by atoms with Crippen molar-refractivity contribution in [2.75, 3.05) is 18.5 Å². The summed E-state index contributed by atoms with van der Waals surface area (Å²) in [6.45, 7) is 9.29. The molecule has 0 fully saturated rings. The molecule has 1 N–H and O–H groups in total. The fourth-order valence-electron chi connectivity index (χ4n) is 2.54. The number of ether oxygens (including phenoxy) is 3. The molecule has 1 atom stereocenters. The van der Waals surface area contributed by atoms with Crippen LogP contribution in [0.2, 0.25) is 0 Å². The Bertz CT molecular complexity index is 887. The molecule has 156 valence electrons. The quantitative estimate of drug-likeness (QED) is 0.647. The minimum absolute atomic E-state index is 0.256. The van der Waals surface area contributed by atoms with Crippen LogP contribution >= 0.6 is 11.3 Å². The van der Waals surface area contributed by atoms with Crippen LogP contribution in [0.4, 0.5) is 5.00 Å². The van der Waals surface area contributed by atoms with Crippen LogP contribution in [0, 0.1) is 13.8 Å². The standard InChI is InChI=1S/C21H25NO6S/c1-6-26-20(24)13(4)28-16-10-8-15(9-11-16)18(23)22-19-17(21(25)27-7-2)12(3)14(5)29-19/h8-11,13H,6-7H2,1-5H3,(H,22,23)/t13-/m0/s1. The third-order valence-electron chi connectivity index (χ3n) is 4.14. The SMILES string of the molecule is CCOC(=O)c1c(NC(=O)c2ccc(O[C@@H](C)C(=O)OCC)cc2)sc(C)c1C. The predicted octanol–water partition coefficient (Wildman–Crippen LogP) is 4.12. The van der Waals surface area contributed by atoms with Crippen LogP contribution in [0.1, 0.15) is 51.9 Å². The monoisotopic (exact) mass is 419 g/mol. The molecule has 1 heterocycles. The van der Waals surface area contributed by atoms with Crippen molar-refractivity contribution in [2.45, 2.75) is 40.7 Å². The van der Waals surface area contributed by atoms with E-state index in [9.17, 15) is 14.4 Å². The van der Waals surface area contributed by atoms with Crippen LogP contribution in [-0.4, -0.2) is 37.2 Å². The number of esters is 2. The van der Waals surface area contributed by atoms with Crippen molar-refractivity contribution in [1.82, 2.24) is 0 Å². The highest BCUT2D eigenvalue weighted by Gasteiger charge is 2.22. The highest BCUT2D eigenvalue weighted by molar-refractivity contribution is 7.16. The number of carbonyl (C=O) groups is 3. The van der Waals surface area contributed by atoms with Gasteiger partial charge in [-0.1, -0.05) is 0 Å². The number of rotatable bonds is 8. The molecule has 29 heavy (non-hydrogen) atoms. The number of hydrogen-bond donors (Lipinski definition) is 1. The van der Waals surface area contributed by atoms with Crippen LogP contribution in [-0.2, 0) is 14.3 Å². The molecule has 0 bridgehead atoms. The molecule has 0 aliphatic carbocycles. The summed E-state index contributed by atoms with van der Waals surface area (Å²) < 4.78 is 15.5. The lowest BCUT2D eigenvalue weighted by Crippen LogP contribution is -2.26. The maximum absolute atomic E-state index is 12.6. The minimum Gasteiger partial charge on any atom is -0.479 e. The molecule has 0 aliphatic heterocycles. The number of amides is 1. The topological polar surface area (TPSA) is 90.9 Å². The van der Waals surface area contributed by atoms with Crippen LogP contribution in [0.15, 0.2) is 24.3 Å². The Hall–Kier alpha value is -2.87. The van der Waals surface area contributed by atoms with Crippen LogP contribution in [0.3, 0.4) is 0 Å². The Kier molecular flexibility index (Phi) is 7.78. The summed E-state index contributed by atoms with van der Waals surface area (Å²) in [6.07, 6.45) is -0.751. The van der Waals surface area contributed by atoms with Gasteiger partial charge in [-0.05, 0) is 64.4 Å². The smallest absolute Gasteiger partial charge is 0.347 e. The van der Waals surface area contributed by atoms with E-state index in [0.717, 1.165) is 10.4 Å². The van der Waals surface area contributed by atoms with Crippen molar-refractivity contribution in [3.05, 3.63) is 45.8 Å². The summed E-state index contributed by atoms with van der Waals surface area (Å²) >= 11 is 1.33. The van der Waals surface area contributed by atoms with Crippen LogP contribution in [0.25, 0.3) is 0 Å². The van der Waals surface area contributed by atoms with Crippen molar-refractivity contribution in [3.63, 3.8) is 0 Å². The summed E-state index contributed by atoms with van der Waals surface area (Å²) in [5.74, 6) is -0.829. The number of thiophene rings is 1. The zero-order valence-electron chi connectivity index (χ0n) is 17.2. The third kappa shape index (κ3) is 5.57. The zero-order chi connectivity index (χ0) is 21.6. The second-order valence-electron chi connectivity index (χ2n) is 6.20. The first-order valence-corrected chi connectivity index (χ1v) is 10.1. The number of hydrogen-bond acceptors (Lipinski definition) is 7. The average Bonchev–Trinajstić information content (AvgIpc) is 2.96. The van der Waals surface area contributed by atoms with Crippen molar-refractivity contribution < 1.29 is 28.6 Å². The lowest BCUT2D eigenvalue weighted by molar-refractivity contribution is -0.150. The largest absolute Gasteiger partial charge is 0.479 e. The molecule has 1 aromatic carbocycles. The first-order valence-electron chi connectivity index (χ1n) is 9.30. The molecule has 8 heteroatoms. The van der Waals surface area contributed by atoms with Gasteiger partial charge in [-0.25, -0.2) is 9.59 Å². The Morgan fingerprint density at radius 3 is 2.24 bits per heavy atom. The Morgan fingerprint density at radius 1 is 1.03 bits per heavy atom. The summed E-state index contributed by atoms with van der Waals surface area (Å²) in [6, 6.07) is 6.36. The van der Waals surface area contributed by atoms with Gasteiger partial charge in [0.2, 0.25) is 0 Å². The molecule has 0 saturated heterocycles. The van der Waals surface area contributed by atoms with Gasteiger partial charge in [-0.3, -0.25) is 4.79 Å². The lowest BCUT2D eigenvalue weighted by atomic mass is 10.1. The highest BCUT2D eigenvalue weighted by atomic mass is 32.1. The van der Waals surface area contributed by atoms with Crippen LogP contribution < -0.4 is 10.1 Å². The van der Waals surface area contributed by atoms with Gasteiger partial charge in [-0.2, -0.15) is 0 Å². The number of nitrogens with one attached hydrogen (secondary N) is 1. The lowest BCUT2D eigenvalue weighted by Gasteiger charge is -2.13. The molecule has 1 amide bonds. The van der Waals surface area contributed by atoms with E-state index in [4.69, 9.17) is 14.2 Å². The second-order valence-corrected chi connectivity index (χ2v) is 7.42. The first kappa shape index (κ1) is 22.4. The van der Waals surface area contributed by atoms with Gasteiger partial charge in [0.1, 0.15) is 10.8 Å². The molecule has 7 nitrogen and oxygen atoms in total. The molecule has 0 spiro atoms. The van der Waals surface area contributed by atoms with E-state index in [1.807, 2.05) is 13.8 Å². The fraction of sp³-hybridized carbons (Fsp3) is 0.381. The Morgan fingerprint density at radius 2 is 1.66 bits per heavy atom. The molecule has 1 aromatic heterocycles. The second kappa shape index (κ2) is 10.1. The zero-order valence-corrected chi connectivity index (χ0v) is 18.0. The van der Waals surface area contributed by atoms with E-state index in [2.05, 4.69) is 5.32 Å². The molecule has 2 aromatic rings. The van der Waals surface area contributed by atoms with E-state index in [1.165, 1.54) is 11.3 Å². The number of aryl methyl sites for hydroxylation is 1. The summed E-state index contributed by atoms with van der Waals surface area (Å²) in [4.78, 5) is 37.4. The minimum atomic E-state index is -0.751. The Labute approximate surface area is 174 Å². The normalized spacial score (nSPS) is 11.5. The van der Waals surface area contributed by atoms with Crippen molar-refractivity contribution in [2.24, 2.45) is 0 Å². The molecular weight excluding hydrogens is 394 g/mol. The maximum Gasteiger partial charge on any atom is 0.347 e. The highest BCUT2D eigenvalue weighted by Crippen LogP contribution is 2.33. The van der Waals surface area contributed by atoms with E-state index in [-0.39, 0.29) is 19.1 Å². The van der Waals surface area contributed by atoms with Crippen molar-refractivity contribution in [3.8, 4) is 5.75 Å². The number of carbonyl (C=O) groups excluding carboxylic acids is 3. The molecule has 0 unspecified atom stereocenters. The maximum atomic E-state index is 12.6. The first-order chi connectivity index (χ1) is 13.8. The molecular formula is C21H25NO6S. The van der Waals surface area contributed by atoms with E-state index < -0.39 is 18.0 Å². The molecule has 0 aliphatic rings. The molecule has 0 saturated carbocycles. The van der Waals surface area contributed by atoms with E-state index in [1.54, 1.807) is 45.0 Å². The van der Waals surface area contributed by atoms with Gasteiger partial charge >= 0.3 is 11.9 Å². The summed E-state index contributed by atoms with van der Waals surface area (Å²) in [5, 5.41) is 3.24. The number of anilines is 1. The summed E-state index contributed by atoms with van der Waals surface area (Å²) in [7, 11) is 0.